The first-order chi connectivity index (χ1) is 11.6. The predicted octanol–water partition coefficient (Wildman–Crippen LogP) is 4.27. The van der Waals surface area contributed by atoms with Crippen molar-refractivity contribution in [2.24, 2.45) is 0 Å². The lowest BCUT2D eigenvalue weighted by atomic mass is 9.98. The molecule has 0 aliphatic carbocycles. The van der Waals surface area contributed by atoms with Gasteiger partial charge in [-0.3, -0.25) is 9.89 Å². The summed E-state index contributed by atoms with van der Waals surface area (Å²) in [7, 11) is 0. The molecular formula is C20H19N3O. The second kappa shape index (κ2) is 5.34. The Morgan fingerprint density at radius 1 is 1.08 bits per heavy atom. The fraction of sp³-hybridized carbons (Fsp3) is 0.200. The zero-order valence-electron chi connectivity index (χ0n) is 14.0. The highest BCUT2D eigenvalue weighted by Crippen LogP contribution is 2.33. The largest absolute Gasteiger partial charge is 0.293 e. The Labute approximate surface area is 139 Å². The lowest BCUT2D eigenvalue weighted by Crippen LogP contribution is -2.16. The van der Waals surface area contributed by atoms with Crippen LogP contribution in [-0.4, -0.2) is 14.6 Å². The minimum atomic E-state index is -0.0710. The first-order valence-electron chi connectivity index (χ1n) is 8.16. The Kier molecular flexibility index (Phi) is 3.27. The van der Waals surface area contributed by atoms with Gasteiger partial charge in [0.25, 0.3) is 5.56 Å². The fourth-order valence-corrected chi connectivity index (χ4v) is 3.23. The van der Waals surface area contributed by atoms with Gasteiger partial charge in [0.15, 0.2) is 5.65 Å². The summed E-state index contributed by atoms with van der Waals surface area (Å²) < 4.78 is 1.54. The SMILES string of the molecule is Cc1[nH]n2c(=O)cc(C(C)C)nc2c1-c1cccc2ccccc12. The molecule has 2 heterocycles. The smallest absolute Gasteiger partial charge is 0.272 e. The van der Waals surface area contributed by atoms with Gasteiger partial charge in [0, 0.05) is 17.3 Å². The Hall–Kier alpha value is -2.88. The van der Waals surface area contributed by atoms with Crippen molar-refractivity contribution in [3.63, 3.8) is 0 Å². The number of aromatic amines is 1. The summed E-state index contributed by atoms with van der Waals surface area (Å²) in [6.45, 7) is 6.09. The van der Waals surface area contributed by atoms with Gasteiger partial charge in [0.05, 0.1) is 5.69 Å². The lowest BCUT2D eigenvalue weighted by molar-refractivity contribution is 0.794. The average molecular weight is 317 g/mol. The van der Waals surface area contributed by atoms with E-state index in [0.717, 1.165) is 27.9 Å². The molecule has 4 rings (SSSR count). The van der Waals surface area contributed by atoms with Crippen LogP contribution in [0.15, 0.2) is 53.3 Å². The van der Waals surface area contributed by atoms with Crippen molar-refractivity contribution in [1.29, 1.82) is 0 Å². The van der Waals surface area contributed by atoms with Crippen LogP contribution in [0.1, 0.15) is 31.2 Å². The van der Waals surface area contributed by atoms with Crippen molar-refractivity contribution in [2.45, 2.75) is 26.7 Å². The molecule has 4 nitrogen and oxygen atoms in total. The Morgan fingerprint density at radius 2 is 1.83 bits per heavy atom. The molecule has 0 radical (unpaired) electrons. The molecule has 1 N–H and O–H groups in total. The maximum Gasteiger partial charge on any atom is 0.272 e. The molecule has 2 aromatic carbocycles. The number of nitrogens with one attached hydrogen (secondary N) is 1. The zero-order chi connectivity index (χ0) is 16.8. The molecule has 0 atom stereocenters. The normalized spacial score (nSPS) is 11.7. The van der Waals surface area contributed by atoms with Crippen LogP contribution < -0.4 is 5.56 Å². The van der Waals surface area contributed by atoms with Crippen LogP contribution in [0.25, 0.3) is 27.5 Å². The molecule has 0 amide bonds. The number of hydrogen-bond donors (Lipinski definition) is 1. The maximum atomic E-state index is 12.5. The maximum absolute atomic E-state index is 12.5. The van der Waals surface area contributed by atoms with E-state index < -0.39 is 0 Å². The average Bonchev–Trinajstić information content (AvgIpc) is 2.91. The number of aryl methyl sites for hydroxylation is 1. The van der Waals surface area contributed by atoms with Crippen molar-refractivity contribution < 1.29 is 0 Å². The van der Waals surface area contributed by atoms with Gasteiger partial charge in [-0.05, 0) is 29.2 Å². The third-order valence-corrected chi connectivity index (χ3v) is 4.47. The summed E-state index contributed by atoms with van der Waals surface area (Å²) in [5, 5.41) is 5.50. The molecule has 0 unspecified atom stereocenters. The molecule has 0 aliphatic heterocycles. The van der Waals surface area contributed by atoms with Crippen molar-refractivity contribution in [1.82, 2.24) is 14.6 Å². The molecule has 24 heavy (non-hydrogen) atoms. The van der Waals surface area contributed by atoms with Crippen LogP contribution in [0.5, 0.6) is 0 Å². The summed E-state index contributed by atoms with van der Waals surface area (Å²) >= 11 is 0. The van der Waals surface area contributed by atoms with Gasteiger partial charge < -0.3 is 0 Å². The van der Waals surface area contributed by atoms with E-state index in [1.165, 1.54) is 9.90 Å². The van der Waals surface area contributed by atoms with Crippen molar-refractivity contribution in [3.8, 4) is 11.1 Å². The zero-order valence-corrected chi connectivity index (χ0v) is 14.0. The van der Waals surface area contributed by atoms with Crippen molar-refractivity contribution >= 4 is 16.4 Å². The van der Waals surface area contributed by atoms with Gasteiger partial charge >= 0.3 is 0 Å². The minimum Gasteiger partial charge on any atom is -0.293 e. The first-order valence-corrected chi connectivity index (χ1v) is 8.16. The molecule has 4 heteroatoms. The van der Waals surface area contributed by atoms with E-state index in [-0.39, 0.29) is 11.5 Å². The molecule has 0 fully saturated rings. The number of aromatic nitrogens is 3. The molecular weight excluding hydrogens is 298 g/mol. The van der Waals surface area contributed by atoms with Gasteiger partial charge in [0.2, 0.25) is 0 Å². The standard InChI is InChI=1S/C20H19N3O/c1-12(2)17-11-18(24)23-20(21-17)19(13(3)22-23)16-10-6-8-14-7-4-5-9-15(14)16/h4-12,22H,1-3H3. The number of rotatable bonds is 2. The second-order valence-corrected chi connectivity index (χ2v) is 6.47. The van der Waals surface area contributed by atoms with Gasteiger partial charge in [-0.2, -0.15) is 0 Å². The third kappa shape index (κ3) is 2.14. The van der Waals surface area contributed by atoms with Crippen LogP contribution in [-0.2, 0) is 0 Å². The van der Waals surface area contributed by atoms with Crippen molar-refractivity contribution in [2.75, 3.05) is 0 Å². The predicted molar refractivity (Wildman–Crippen MR) is 97.6 cm³/mol. The highest BCUT2D eigenvalue weighted by Gasteiger charge is 2.17. The van der Waals surface area contributed by atoms with Gasteiger partial charge in [-0.15, -0.1) is 0 Å². The van der Waals surface area contributed by atoms with E-state index in [0.29, 0.717) is 5.65 Å². The van der Waals surface area contributed by atoms with E-state index in [9.17, 15) is 4.79 Å². The van der Waals surface area contributed by atoms with E-state index in [1.54, 1.807) is 6.07 Å². The van der Waals surface area contributed by atoms with Crippen LogP contribution in [0.3, 0.4) is 0 Å². The van der Waals surface area contributed by atoms with Crippen LogP contribution in [0, 0.1) is 6.92 Å². The molecule has 4 aromatic rings. The van der Waals surface area contributed by atoms with Crippen molar-refractivity contribution in [3.05, 3.63) is 70.3 Å². The molecule has 120 valence electrons. The van der Waals surface area contributed by atoms with E-state index in [2.05, 4.69) is 43.2 Å². The highest BCUT2D eigenvalue weighted by molar-refractivity contribution is 6.00. The number of fused-ring (bicyclic) bond motifs is 2. The van der Waals surface area contributed by atoms with Crippen LogP contribution >= 0.6 is 0 Å². The minimum absolute atomic E-state index is 0.0710. The summed E-state index contributed by atoms with van der Waals surface area (Å²) in [5.74, 6) is 0.207. The van der Waals surface area contributed by atoms with Gasteiger partial charge in [-0.25, -0.2) is 9.50 Å². The lowest BCUT2D eigenvalue weighted by Gasteiger charge is -2.08. The summed E-state index contributed by atoms with van der Waals surface area (Å²) in [6, 6.07) is 16.1. The number of benzene rings is 2. The Morgan fingerprint density at radius 3 is 2.62 bits per heavy atom. The topological polar surface area (TPSA) is 50.2 Å². The second-order valence-electron chi connectivity index (χ2n) is 6.47. The number of nitrogens with zero attached hydrogens (tertiary/aromatic N) is 2. The summed E-state index contributed by atoms with van der Waals surface area (Å²) in [6.07, 6.45) is 0. The number of H-pyrrole nitrogens is 1. The molecule has 2 aromatic heterocycles. The number of hydrogen-bond acceptors (Lipinski definition) is 2. The molecule has 0 saturated carbocycles. The Bertz CT molecular complexity index is 1110. The monoisotopic (exact) mass is 317 g/mol. The van der Waals surface area contributed by atoms with E-state index in [1.807, 2.05) is 25.1 Å². The summed E-state index contributed by atoms with van der Waals surface area (Å²) in [4.78, 5) is 17.2. The van der Waals surface area contributed by atoms with Gasteiger partial charge in [-0.1, -0.05) is 56.3 Å². The van der Waals surface area contributed by atoms with Crippen LogP contribution in [0.2, 0.25) is 0 Å². The molecule has 0 spiro atoms. The molecule has 0 aliphatic rings. The van der Waals surface area contributed by atoms with E-state index >= 15 is 0 Å². The van der Waals surface area contributed by atoms with Gasteiger partial charge in [0.1, 0.15) is 0 Å². The summed E-state index contributed by atoms with van der Waals surface area (Å²) in [5.41, 5.74) is 4.47. The quantitative estimate of drug-likeness (QED) is 0.600. The molecule has 0 bridgehead atoms. The highest BCUT2D eigenvalue weighted by atomic mass is 16.1. The molecule has 0 saturated heterocycles. The van der Waals surface area contributed by atoms with Crippen LogP contribution in [0.4, 0.5) is 0 Å². The van der Waals surface area contributed by atoms with E-state index in [4.69, 9.17) is 4.98 Å². The first kappa shape index (κ1) is 14.7. The Balaban J connectivity index is 2.13. The fourth-order valence-electron chi connectivity index (χ4n) is 3.23. The third-order valence-electron chi connectivity index (χ3n) is 4.47.